The van der Waals surface area contributed by atoms with Gasteiger partial charge in [-0.3, -0.25) is 9.79 Å². The summed E-state index contributed by atoms with van der Waals surface area (Å²) in [7, 11) is 1.72. The highest BCUT2D eigenvalue weighted by atomic mass is 127. The number of guanidine groups is 1. The quantitative estimate of drug-likeness (QED) is 0.249. The Balaban J connectivity index is 0.00000484. The SMILES string of the molecule is CCCCOCCCNC(=NC)NCC(=O)N1CCCCC1.I. The third-order valence-electron chi connectivity index (χ3n) is 3.74. The molecule has 0 radical (unpaired) electrons. The van der Waals surface area contributed by atoms with Crippen molar-refractivity contribution < 1.29 is 9.53 Å². The van der Waals surface area contributed by atoms with Crippen LogP contribution in [0.5, 0.6) is 0 Å². The fourth-order valence-corrected chi connectivity index (χ4v) is 2.36. The third kappa shape index (κ3) is 10.8. The second-order valence-electron chi connectivity index (χ2n) is 5.61. The molecular formula is C16H33IN4O2. The molecule has 0 spiro atoms. The van der Waals surface area contributed by atoms with E-state index in [1.165, 1.54) is 12.8 Å². The van der Waals surface area contributed by atoms with Crippen LogP contribution in [0.3, 0.4) is 0 Å². The summed E-state index contributed by atoms with van der Waals surface area (Å²) in [6.45, 7) is 6.65. The summed E-state index contributed by atoms with van der Waals surface area (Å²) in [4.78, 5) is 18.1. The zero-order chi connectivity index (χ0) is 16.0. The predicted molar refractivity (Wildman–Crippen MR) is 106 cm³/mol. The van der Waals surface area contributed by atoms with E-state index in [0.717, 1.165) is 58.5 Å². The van der Waals surface area contributed by atoms with Gasteiger partial charge >= 0.3 is 0 Å². The smallest absolute Gasteiger partial charge is 0.241 e. The van der Waals surface area contributed by atoms with Crippen LogP contribution in [0.25, 0.3) is 0 Å². The van der Waals surface area contributed by atoms with E-state index in [0.29, 0.717) is 12.5 Å². The molecule has 0 saturated carbocycles. The number of amides is 1. The monoisotopic (exact) mass is 440 g/mol. The van der Waals surface area contributed by atoms with Crippen molar-refractivity contribution in [2.45, 2.75) is 45.4 Å². The fourth-order valence-electron chi connectivity index (χ4n) is 2.36. The molecule has 0 aromatic heterocycles. The van der Waals surface area contributed by atoms with Gasteiger partial charge in [-0.1, -0.05) is 13.3 Å². The van der Waals surface area contributed by atoms with E-state index in [-0.39, 0.29) is 29.9 Å². The first-order chi connectivity index (χ1) is 10.8. The van der Waals surface area contributed by atoms with E-state index in [2.05, 4.69) is 22.5 Å². The second-order valence-corrected chi connectivity index (χ2v) is 5.61. The maximum atomic E-state index is 12.1. The molecule has 136 valence electrons. The summed E-state index contributed by atoms with van der Waals surface area (Å²) in [5.74, 6) is 0.837. The van der Waals surface area contributed by atoms with E-state index in [9.17, 15) is 4.79 Å². The molecule has 2 N–H and O–H groups in total. The molecule has 23 heavy (non-hydrogen) atoms. The van der Waals surface area contributed by atoms with Gasteiger partial charge in [0.05, 0.1) is 6.54 Å². The van der Waals surface area contributed by atoms with Crippen LogP contribution in [0.2, 0.25) is 0 Å². The summed E-state index contributed by atoms with van der Waals surface area (Å²) in [5.41, 5.74) is 0. The number of halogens is 1. The molecular weight excluding hydrogens is 407 g/mol. The van der Waals surface area contributed by atoms with Crippen molar-refractivity contribution in [3.63, 3.8) is 0 Å². The van der Waals surface area contributed by atoms with Crippen molar-refractivity contribution in [2.75, 3.05) is 46.4 Å². The van der Waals surface area contributed by atoms with Gasteiger partial charge in [-0.25, -0.2) is 0 Å². The van der Waals surface area contributed by atoms with Gasteiger partial charge in [0.25, 0.3) is 0 Å². The highest BCUT2D eigenvalue weighted by Gasteiger charge is 2.16. The van der Waals surface area contributed by atoms with Crippen LogP contribution in [0.1, 0.15) is 45.4 Å². The van der Waals surface area contributed by atoms with Crippen LogP contribution in [0.4, 0.5) is 0 Å². The van der Waals surface area contributed by atoms with Crippen molar-refractivity contribution in [1.82, 2.24) is 15.5 Å². The van der Waals surface area contributed by atoms with E-state index in [4.69, 9.17) is 4.74 Å². The minimum Gasteiger partial charge on any atom is -0.381 e. The largest absolute Gasteiger partial charge is 0.381 e. The number of piperidine rings is 1. The van der Waals surface area contributed by atoms with Crippen LogP contribution >= 0.6 is 24.0 Å². The molecule has 6 nitrogen and oxygen atoms in total. The molecule has 0 atom stereocenters. The second kappa shape index (κ2) is 15.0. The topological polar surface area (TPSA) is 66.0 Å². The lowest BCUT2D eigenvalue weighted by molar-refractivity contribution is -0.130. The average molecular weight is 440 g/mol. The molecule has 1 rings (SSSR count). The van der Waals surface area contributed by atoms with Gasteiger partial charge in [-0.05, 0) is 32.1 Å². The van der Waals surface area contributed by atoms with Crippen LogP contribution in [0, 0.1) is 0 Å². The molecule has 1 aliphatic rings. The molecule has 0 aliphatic carbocycles. The normalized spacial score (nSPS) is 15.0. The van der Waals surface area contributed by atoms with Gasteiger partial charge in [0.2, 0.25) is 5.91 Å². The standard InChI is InChI=1S/C16H32N4O2.HI/c1-3-4-12-22-13-8-9-18-16(17-2)19-14-15(21)20-10-6-5-7-11-20;/h3-14H2,1-2H3,(H2,17,18,19);1H. The number of likely N-dealkylation sites (tertiary alicyclic amines) is 1. The Labute approximate surface area is 157 Å². The Kier molecular flexibility index (Phi) is 14.6. The first-order valence-electron chi connectivity index (χ1n) is 8.58. The van der Waals surface area contributed by atoms with E-state index in [1.54, 1.807) is 7.05 Å². The molecule has 1 fully saturated rings. The summed E-state index contributed by atoms with van der Waals surface area (Å²) in [6.07, 6.45) is 6.70. The lowest BCUT2D eigenvalue weighted by atomic mass is 10.1. The molecule has 0 unspecified atom stereocenters. The Morgan fingerprint density at radius 2 is 1.83 bits per heavy atom. The molecule has 1 heterocycles. The molecule has 7 heteroatoms. The highest BCUT2D eigenvalue weighted by molar-refractivity contribution is 14.0. The predicted octanol–water partition coefficient (Wildman–Crippen LogP) is 1.99. The van der Waals surface area contributed by atoms with Gasteiger partial charge in [0.1, 0.15) is 0 Å². The van der Waals surface area contributed by atoms with Crippen molar-refractivity contribution >= 4 is 35.8 Å². The number of hydrogen-bond acceptors (Lipinski definition) is 3. The average Bonchev–Trinajstić information content (AvgIpc) is 2.57. The Morgan fingerprint density at radius 3 is 2.48 bits per heavy atom. The van der Waals surface area contributed by atoms with Gasteiger partial charge in [0.15, 0.2) is 5.96 Å². The van der Waals surface area contributed by atoms with Crippen LogP contribution in [0.15, 0.2) is 4.99 Å². The van der Waals surface area contributed by atoms with E-state index >= 15 is 0 Å². The number of carbonyl (C=O) groups excluding carboxylic acids is 1. The number of nitrogens with one attached hydrogen (secondary N) is 2. The molecule has 0 aromatic rings. The fraction of sp³-hybridized carbons (Fsp3) is 0.875. The zero-order valence-corrected chi connectivity index (χ0v) is 16.9. The Morgan fingerprint density at radius 1 is 1.13 bits per heavy atom. The maximum absolute atomic E-state index is 12.1. The van der Waals surface area contributed by atoms with Crippen molar-refractivity contribution in [3.05, 3.63) is 0 Å². The van der Waals surface area contributed by atoms with Gasteiger partial charge in [0, 0.05) is 39.9 Å². The number of unbranched alkanes of at least 4 members (excludes halogenated alkanes) is 1. The minimum atomic E-state index is 0. The van der Waals surface area contributed by atoms with Gasteiger partial charge in [-0.15, -0.1) is 24.0 Å². The summed E-state index contributed by atoms with van der Waals surface area (Å²) in [5, 5.41) is 6.29. The Hall–Kier alpha value is -0.570. The zero-order valence-electron chi connectivity index (χ0n) is 14.6. The molecule has 1 saturated heterocycles. The Bertz CT molecular complexity index is 334. The number of aliphatic imine (C=N–C) groups is 1. The van der Waals surface area contributed by atoms with Crippen molar-refractivity contribution in [1.29, 1.82) is 0 Å². The summed E-state index contributed by atoms with van der Waals surface area (Å²) >= 11 is 0. The number of rotatable bonds is 9. The lowest BCUT2D eigenvalue weighted by Gasteiger charge is -2.27. The minimum absolute atomic E-state index is 0. The van der Waals surface area contributed by atoms with Crippen molar-refractivity contribution in [3.8, 4) is 0 Å². The molecule has 1 aliphatic heterocycles. The van der Waals surface area contributed by atoms with Crippen LogP contribution in [-0.2, 0) is 9.53 Å². The van der Waals surface area contributed by atoms with Crippen LogP contribution < -0.4 is 10.6 Å². The van der Waals surface area contributed by atoms with Gasteiger partial charge < -0.3 is 20.3 Å². The third-order valence-corrected chi connectivity index (χ3v) is 3.74. The van der Waals surface area contributed by atoms with E-state index in [1.807, 2.05) is 4.90 Å². The summed E-state index contributed by atoms with van der Waals surface area (Å²) in [6, 6.07) is 0. The molecule has 0 bridgehead atoms. The maximum Gasteiger partial charge on any atom is 0.241 e. The highest BCUT2D eigenvalue weighted by Crippen LogP contribution is 2.08. The number of carbonyl (C=O) groups is 1. The van der Waals surface area contributed by atoms with Gasteiger partial charge in [-0.2, -0.15) is 0 Å². The first-order valence-corrected chi connectivity index (χ1v) is 8.58. The van der Waals surface area contributed by atoms with E-state index < -0.39 is 0 Å². The molecule has 0 aromatic carbocycles. The van der Waals surface area contributed by atoms with Crippen molar-refractivity contribution in [2.24, 2.45) is 4.99 Å². The lowest BCUT2D eigenvalue weighted by Crippen LogP contribution is -2.46. The number of nitrogens with zero attached hydrogens (tertiary/aromatic N) is 2. The molecule has 1 amide bonds. The number of hydrogen-bond donors (Lipinski definition) is 2. The first kappa shape index (κ1) is 22.4. The number of ether oxygens (including phenoxy) is 1. The van der Waals surface area contributed by atoms with Crippen LogP contribution in [-0.4, -0.2) is 63.2 Å². The summed E-state index contributed by atoms with van der Waals surface area (Å²) < 4.78 is 5.51.